The molecule has 2 amide bonds. The molecule has 2 N–H and O–H groups in total. The van der Waals surface area contributed by atoms with Crippen LogP contribution in [0.2, 0.25) is 5.02 Å². The van der Waals surface area contributed by atoms with E-state index in [1.807, 2.05) is 47.4 Å². The van der Waals surface area contributed by atoms with Crippen LogP contribution >= 0.6 is 23.8 Å². The highest BCUT2D eigenvalue weighted by atomic mass is 35.5. The van der Waals surface area contributed by atoms with Crippen LogP contribution in [0.25, 0.3) is 6.08 Å². The average molecular weight is 485 g/mol. The maximum absolute atomic E-state index is 12.4. The summed E-state index contributed by atoms with van der Waals surface area (Å²) >= 11 is 11.6. The molecule has 2 aromatic rings. The quantitative estimate of drug-likeness (QED) is 0.464. The second kappa shape index (κ2) is 11.8. The highest BCUT2D eigenvalue weighted by molar-refractivity contribution is 7.80. The molecule has 0 radical (unpaired) electrons. The Bertz CT molecular complexity index is 1020. The molecule has 1 saturated heterocycles. The number of rotatable bonds is 6. The number of benzene rings is 2. The number of thiocarbonyl (C=S) groups is 1. The molecule has 6 nitrogen and oxygen atoms in total. The van der Waals surface area contributed by atoms with Crippen LogP contribution in [-0.2, 0) is 9.59 Å². The van der Waals surface area contributed by atoms with Crippen LogP contribution in [0.3, 0.4) is 0 Å². The maximum Gasteiger partial charge on any atom is 0.250 e. The van der Waals surface area contributed by atoms with Crippen molar-refractivity contribution in [3.8, 4) is 0 Å². The van der Waals surface area contributed by atoms with Crippen LogP contribution in [0.5, 0.6) is 0 Å². The van der Waals surface area contributed by atoms with E-state index in [1.54, 1.807) is 12.1 Å². The van der Waals surface area contributed by atoms with Gasteiger partial charge in [-0.25, -0.2) is 0 Å². The van der Waals surface area contributed by atoms with Crippen LogP contribution in [0, 0.1) is 5.92 Å². The molecule has 1 aliphatic heterocycles. The fourth-order valence-corrected chi connectivity index (χ4v) is 3.99. The van der Waals surface area contributed by atoms with Gasteiger partial charge < -0.3 is 15.1 Å². The van der Waals surface area contributed by atoms with Crippen molar-refractivity contribution in [2.24, 2.45) is 5.92 Å². The van der Waals surface area contributed by atoms with Crippen LogP contribution in [0.15, 0.2) is 54.6 Å². The third kappa shape index (κ3) is 7.58. The predicted octanol–water partition coefficient (Wildman–Crippen LogP) is 4.56. The van der Waals surface area contributed by atoms with E-state index in [0.717, 1.165) is 11.3 Å². The maximum atomic E-state index is 12.4. The molecule has 8 heteroatoms. The van der Waals surface area contributed by atoms with Gasteiger partial charge in [-0.1, -0.05) is 55.8 Å². The Morgan fingerprint density at radius 3 is 2.45 bits per heavy atom. The zero-order valence-electron chi connectivity index (χ0n) is 18.9. The second-order valence-electron chi connectivity index (χ2n) is 8.31. The highest BCUT2D eigenvalue weighted by Crippen LogP contribution is 2.30. The zero-order chi connectivity index (χ0) is 23.8. The van der Waals surface area contributed by atoms with Crippen molar-refractivity contribution >= 4 is 58.2 Å². The van der Waals surface area contributed by atoms with Crippen molar-refractivity contribution in [3.05, 3.63) is 65.2 Å². The molecule has 2 aromatic carbocycles. The van der Waals surface area contributed by atoms with Gasteiger partial charge in [0, 0.05) is 43.7 Å². The van der Waals surface area contributed by atoms with Crippen molar-refractivity contribution in [2.75, 3.05) is 36.4 Å². The fourth-order valence-electron chi connectivity index (χ4n) is 3.60. The van der Waals surface area contributed by atoms with E-state index in [9.17, 15) is 9.59 Å². The SMILES string of the molecule is CC(C)CC(=O)N1CCN(c2ccc(Cl)cc2NC(=S)NC(=O)/C=C/c2ccccc2)CC1. The average Bonchev–Trinajstić information content (AvgIpc) is 2.78. The van der Waals surface area contributed by atoms with Crippen LogP contribution in [0.4, 0.5) is 11.4 Å². The number of nitrogens with zero attached hydrogens (tertiary/aromatic N) is 2. The molecule has 33 heavy (non-hydrogen) atoms. The molecule has 0 aliphatic carbocycles. The largest absolute Gasteiger partial charge is 0.366 e. The van der Waals surface area contributed by atoms with Crippen molar-refractivity contribution in [1.82, 2.24) is 10.2 Å². The molecular formula is C25H29ClN4O2S. The molecule has 0 aromatic heterocycles. The molecule has 1 heterocycles. The molecule has 3 rings (SSSR count). The smallest absolute Gasteiger partial charge is 0.250 e. The number of piperazine rings is 1. The van der Waals surface area contributed by atoms with Crippen LogP contribution < -0.4 is 15.5 Å². The number of anilines is 2. The van der Waals surface area contributed by atoms with Gasteiger partial charge >= 0.3 is 0 Å². The highest BCUT2D eigenvalue weighted by Gasteiger charge is 2.23. The third-order valence-electron chi connectivity index (χ3n) is 5.23. The Morgan fingerprint density at radius 1 is 1.09 bits per heavy atom. The topological polar surface area (TPSA) is 64.7 Å². The minimum absolute atomic E-state index is 0.187. The van der Waals surface area contributed by atoms with Gasteiger partial charge in [0.1, 0.15) is 0 Å². The molecule has 0 spiro atoms. The van der Waals surface area contributed by atoms with Crippen molar-refractivity contribution in [2.45, 2.75) is 20.3 Å². The normalized spacial score (nSPS) is 13.9. The van der Waals surface area contributed by atoms with Gasteiger partial charge in [-0.3, -0.25) is 14.9 Å². The van der Waals surface area contributed by atoms with E-state index in [1.165, 1.54) is 6.08 Å². The summed E-state index contributed by atoms with van der Waals surface area (Å²) in [5, 5.41) is 6.51. The minimum Gasteiger partial charge on any atom is -0.366 e. The summed E-state index contributed by atoms with van der Waals surface area (Å²) in [6.45, 7) is 6.86. The summed E-state index contributed by atoms with van der Waals surface area (Å²) < 4.78 is 0. The van der Waals surface area contributed by atoms with E-state index in [-0.39, 0.29) is 16.9 Å². The Labute approximate surface area is 205 Å². The number of hydrogen-bond acceptors (Lipinski definition) is 4. The number of amides is 2. The number of carbonyl (C=O) groups excluding carboxylic acids is 2. The van der Waals surface area contributed by atoms with Crippen molar-refractivity contribution in [3.63, 3.8) is 0 Å². The summed E-state index contributed by atoms with van der Waals surface area (Å²) in [4.78, 5) is 28.7. The van der Waals surface area contributed by atoms with Gasteiger partial charge in [0.15, 0.2) is 5.11 Å². The number of hydrogen-bond donors (Lipinski definition) is 2. The molecule has 174 valence electrons. The van der Waals surface area contributed by atoms with Gasteiger partial charge in [-0.15, -0.1) is 0 Å². The van der Waals surface area contributed by atoms with Gasteiger partial charge in [-0.05, 0) is 48.0 Å². The van der Waals surface area contributed by atoms with Gasteiger partial charge in [0.25, 0.3) is 0 Å². The Hall–Kier alpha value is -2.90. The zero-order valence-corrected chi connectivity index (χ0v) is 20.5. The Morgan fingerprint density at radius 2 is 1.79 bits per heavy atom. The van der Waals surface area contributed by atoms with E-state index < -0.39 is 0 Å². The van der Waals surface area contributed by atoms with Gasteiger partial charge in [-0.2, -0.15) is 0 Å². The number of carbonyl (C=O) groups is 2. The fraction of sp³-hybridized carbons (Fsp3) is 0.320. The van der Waals surface area contributed by atoms with E-state index >= 15 is 0 Å². The number of nitrogens with one attached hydrogen (secondary N) is 2. The standard InChI is InChI=1S/C25H29ClN4O2S/c1-18(2)16-24(32)30-14-12-29(13-15-30)22-10-9-20(26)17-21(22)27-25(33)28-23(31)11-8-19-6-4-3-5-7-19/h3-11,17-18H,12-16H2,1-2H3,(H2,27,28,31,33)/b11-8+. The first-order valence-corrected chi connectivity index (χ1v) is 11.8. The van der Waals surface area contributed by atoms with Crippen molar-refractivity contribution in [1.29, 1.82) is 0 Å². The third-order valence-corrected chi connectivity index (χ3v) is 5.67. The minimum atomic E-state index is -0.322. The monoisotopic (exact) mass is 484 g/mol. The molecule has 0 saturated carbocycles. The lowest BCUT2D eigenvalue weighted by atomic mass is 10.1. The van der Waals surface area contributed by atoms with Gasteiger partial charge in [0.05, 0.1) is 11.4 Å². The predicted molar refractivity (Wildman–Crippen MR) is 140 cm³/mol. The van der Waals surface area contributed by atoms with E-state index in [2.05, 4.69) is 29.4 Å². The molecule has 0 atom stereocenters. The van der Waals surface area contributed by atoms with Crippen LogP contribution in [0.1, 0.15) is 25.8 Å². The summed E-state index contributed by atoms with van der Waals surface area (Å²) in [7, 11) is 0. The first-order chi connectivity index (χ1) is 15.8. The first kappa shape index (κ1) is 24.7. The molecule has 0 bridgehead atoms. The summed E-state index contributed by atoms with van der Waals surface area (Å²) in [6, 6.07) is 15.1. The number of halogens is 1. The first-order valence-electron chi connectivity index (χ1n) is 11.0. The van der Waals surface area contributed by atoms with Crippen LogP contribution in [-0.4, -0.2) is 48.0 Å². The van der Waals surface area contributed by atoms with Crippen molar-refractivity contribution < 1.29 is 9.59 Å². The summed E-state index contributed by atoms with van der Waals surface area (Å²) in [5.41, 5.74) is 2.56. The van der Waals surface area contributed by atoms with E-state index in [0.29, 0.717) is 49.2 Å². The molecule has 1 aliphatic rings. The van der Waals surface area contributed by atoms with Gasteiger partial charge in [0.2, 0.25) is 11.8 Å². The lowest BCUT2D eigenvalue weighted by Gasteiger charge is -2.37. The second-order valence-corrected chi connectivity index (χ2v) is 9.16. The summed E-state index contributed by atoms with van der Waals surface area (Å²) in [5.74, 6) is 0.227. The summed E-state index contributed by atoms with van der Waals surface area (Å²) in [6.07, 6.45) is 3.73. The Kier molecular flexibility index (Phi) is 8.86. The lowest BCUT2D eigenvalue weighted by Crippen LogP contribution is -2.49. The lowest BCUT2D eigenvalue weighted by molar-refractivity contribution is -0.132. The van der Waals surface area contributed by atoms with E-state index in [4.69, 9.17) is 23.8 Å². The molecular weight excluding hydrogens is 456 g/mol. The Balaban J connectivity index is 1.60. The molecule has 0 unspecified atom stereocenters. The molecule has 1 fully saturated rings.